The molecule has 0 aromatic heterocycles. The van der Waals surface area contributed by atoms with Crippen LogP contribution in [0.25, 0.3) is 0 Å². The van der Waals surface area contributed by atoms with E-state index in [1.165, 1.54) is 18.3 Å². The van der Waals surface area contributed by atoms with E-state index < -0.39 is 4.92 Å². The standard InChI is InChI=1S/C16H15N3O4S/c1-24-15-7-3-5-13(9-15)18-16(20)11-23-17-10-12-4-2-6-14(8-12)19(21)22/h2-10H,11H2,1H3,(H,18,20)/b17-10-. The third kappa shape index (κ3) is 5.40. The van der Waals surface area contributed by atoms with Crippen molar-refractivity contribution < 1.29 is 14.6 Å². The molecule has 0 aliphatic carbocycles. The fourth-order valence-corrected chi connectivity index (χ4v) is 2.27. The molecule has 0 unspecified atom stereocenters. The molecule has 1 amide bonds. The van der Waals surface area contributed by atoms with Gasteiger partial charge in [-0.05, 0) is 24.5 Å². The minimum Gasteiger partial charge on any atom is -0.386 e. The second-order valence-electron chi connectivity index (χ2n) is 4.64. The highest BCUT2D eigenvalue weighted by Crippen LogP contribution is 2.18. The number of oxime groups is 1. The van der Waals surface area contributed by atoms with Gasteiger partial charge in [-0.25, -0.2) is 0 Å². The molecule has 2 rings (SSSR count). The van der Waals surface area contributed by atoms with Crippen LogP contribution in [0.15, 0.2) is 58.6 Å². The number of non-ortho nitro benzene ring substituents is 1. The first-order valence-electron chi connectivity index (χ1n) is 6.92. The van der Waals surface area contributed by atoms with Gasteiger partial charge in [0.15, 0.2) is 6.61 Å². The molecule has 7 nitrogen and oxygen atoms in total. The van der Waals surface area contributed by atoms with Gasteiger partial charge in [0.05, 0.1) is 11.1 Å². The maximum Gasteiger partial charge on any atom is 0.270 e. The van der Waals surface area contributed by atoms with E-state index in [2.05, 4.69) is 10.5 Å². The number of carbonyl (C=O) groups excluding carboxylic acids is 1. The lowest BCUT2D eigenvalue weighted by atomic mass is 10.2. The van der Waals surface area contributed by atoms with E-state index in [0.29, 0.717) is 11.3 Å². The van der Waals surface area contributed by atoms with Crippen molar-refractivity contribution in [2.24, 2.45) is 5.16 Å². The zero-order chi connectivity index (χ0) is 17.4. The normalized spacial score (nSPS) is 10.5. The van der Waals surface area contributed by atoms with E-state index in [1.807, 2.05) is 24.5 Å². The summed E-state index contributed by atoms with van der Waals surface area (Å²) in [6.45, 7) is -0.255. The highest BCUT2D eigenvalue weighted by molar-refractivity contribution is 7.98. The summed E-state index contributed by atoms with van der Waals surface area (Å²) in [5.74, 6) is -0.343. The lowest BCUT2D eigenvalue weighted by Crippen LogP contribution is -2.16. The second kappa shape index (κ2) is 8.68. The molecule has 0 fully saturated rings. The van der Waals surface area contributed by atoms with Crippen LogP contribution in [0, 0.1) is 10.1 Å². The van der Waals surface area contributed by atoms with Crippen LogP contribution < -0.4 is 5.32 Å². The second-order valence-corrected chi connectivity index (χ2v) is 5.52. The van der Waals surface area contributed by atoms with Crippen LogP contribution in [0.2, 0.25) is 0 Å². The largest absolute Gasteiger partial charge is 0.386 e. The summed E-state index contributed by atoms with van der Waals surface area (Å²) in [6.07, 6.45) is 3.27. The maximum atomic E-state index is 11.8. The van der Waals surface area contributed by atoms with Crippen LogP contribution >= 0.6 is 11.8 Å². The number of anilines is 1. The molecule has 0 saturated heterocycles. The molecule has 0 bridgehead atoms. The Labute approximate surface area is 142 Å². The van der Waals surface area contributed by atoms with Crippen molar-refractivity contribution >= 4 is 35.3 Å². The van der Waals surface area contributed by atoms with Crippen molar-refractivity contribution in [3.8, 4) is 0 Å². The molecule has 8 heteroatoms. The van der Waals surface area contributed by atoms with Gasteiger partial charge in [-0.3, -0.25) is 14.9 Å². The maximum absolute atomic E-state index is 11.8. The van der Waals surface area contributed by atoms with Crippen LogP contribution in [0.4, 0.5) is 11.4 Å². The Bertz CT molecular complexity index is 764. The molecule has 0 spiro atoms. The highest BCUT2D eigenvalue weighted by Gasteiger charge is 2.05. The number of nitrogens with zero attached hydrogens (tertiary/aromatic N) is 2. The van der Waals surface area contributed by atoms with Crippen molar-refractivity contribution in [3.63, 3.8) is 0 Å². The molecule has 0 atom stereocenters. The van der Waals surface area contributed by atoms with Gasteiger partial charge in [0.25, 0.3) is 11.6 Å². The lowest BCUT2D eigenvalue weighted by Gasteiger charge is -2.05. The Morgan fingerprint density at radius 1 is 1.33 bits per heavy atom. The van der Waals surface area contributed by atoms with Crippen molar-refractivity contribution in [2.45, 2.75) is 4.90 Å². The summed E-state index contributed by atoms with van der Waals surface area (Å²) >= 11 is 1.58. The van der Waals surface area contributed by atoms with E-state index in [9.17, 15) is 14.9 Å². The molecule has 0 aliphatic rings. The minimum atomic E-state index is -0.492. The van der Waals surface area contributed by atoms with Crippen LogP contribution in [-0.4, -0.2) is 29.9 Å². The van der Waals surface area contributed by atoms with Crippen LogP contribution in [0.3, 0.4) is 0 Å². The molecule has 24 heavy (non-hydrogen) atoms. The summed E-state index contributed by atoms with van der Waals surface area (Å²) in [5, 5.41) is 17.0. The Morgan fingerprint density at radius 2 is 2.12 bits per heavy atom. The zero-order valence-corrected chi connectivity index (χ0v) is 13.7. The van der Waals surface area contributed by atoms with E-state index in [0.717, 1.165) is 4.90 Å². The van der Waals surface area contributed by atoms with E-state index in [1.54, 1.807) is 30.0 Å². The van der Waals surface area contributed by atoms with Gasteiger partial charge in [0.2, 0.25) is 0 Å². The molecule has 1 N–H and O–H groups in total. The smallest absolute Gasteiger partial charge is 0.270 e. The Kier molecular flexibility index (Phi) is 6.32. The number of nitrogens with one attached hydrogen (secondary N) is 1. The summed E-state index contributed by atoms with van der Waals surface area (Å²) in [4.78, 5) is 27.9. The van der Waals surface area contributed by atoms with Gasteiger partial charge in [0.1, 0.15) is 0 Å². The number of benzene rings is 2. The molecule has 2 aromatic carbocycles. The predicted molar refractivity (Wildman–Crippen MR) is 93.5 cm³/mol. The summed E-state index contributed by atoms with van der Waals surface area (Å²) < 4.78 is 0. The Balaban J connectivity index is 1.83. The number of nitro benzene ring substituents is 1. The molecule has 2 aromatic rings. The van der Waals surface area contributed by atoms with Crippen LogP contribution in [-0.2, 0) is 9.63 Å². The van der Waals surface area contributed by atoms with E-state index in [-0.39, 0.29) is 18.2 Å². The predicted octanol–water partition coefficient (Wildman–Crippen LogP) is 3.31. The molecule has 0 radical (unpaired) electrons. The third-order valence-electron chi connectivity index (χ3n) is 2.91. The zero-order valence-electron chi connectivity index (χ0n) is 12.8. The first-order valence-corrected chi connectivity index (χ1v) is 8.14. The molecule has 0 saturated carbocycles. The number of rotatable bonds is 7. The average molecular weight is 345 g/mol. The number of hydrogen-bond acceptors (Lipinski definition) is 6. The van der Waals surface area contributed by atoms with Crippen molar-refractivity contribution in [3.05, 3.63) is 64.2 Å². The lowest BCUT2D eigenvalue weighted by molar-refractivity contribution is -0.384. The fourth-order valence-electron chi connectivity index (χ4n) is 1.81. The van der Waals surface area contributed by atoms with Crippen molar-refractivity contribution in [1.82, 2.24) is 0 Å². The average Bonchev–Trinajstić information content (AvgIpc) is 2.59. The monoisotopic (exact) mass is 345 g/mol. The van der Waals surface area contributed by atoms with Gasteiger partial charge >= 0.3 is 0 Å². The molecule has 124 valence electrons. The SMILES string of the molecule is CSc1cccc(NC(=O)CO/N=C\c2cccc([N+](=O)[O-])c2)c1. The van der Waals surface area contributed by atoms with Gasteiger partial charge in [-0.2, -0.15) is 0 Å². The number of carbonyl (C=O) groups is 1. The highest BCUT2D eigenvalue weighted by atomic mass is 32.2. The fraction of sp³-hybridized carbons (Fsp3) is 0.125. The van der Waals surface area contributed by atoms with E-state index in [4.69, 9.17) is 4.84 Å². The molecule has 0 aliphatic heterocycles. The third-order valence-corrected chi connectivity index (χ3v) is 3.63. The Morgan fingerprint density at radius 3 is 2.88 bits per heavy atom. The molecule has 0 heterocycles. The minimum absolute atomic E-state index is 0.0367. The van der Waals surface area contributed by atoms with Gasteiger partial charge in [-0.15, -0.1) is 11.8 Å². The van der Waals surface area contributed by atoms with E-state index >= 15 is 0 Å². The van der Waals surface area contributed by atoms with Gasteiger partial charge in [0, 0.05) is 28.3 Å². The summed E-state index contributed by atoms with van der Waals surface area (Å²) in [6, 6.07) is 13.4. The van der Waals surface area contributed by atoms with Gasteiger partial charge < -0.3 is 10.2 Å². The quantitative estimate of drug-likeness (QED) is 0.360. The summed E-state index contributed by atoms with van der Waals surface area (Å²) in [7, 11) is 0. The van der Waals surface area contributed by atoms with Crippen molar-refractivity contribution in [2.75, 3.05) is 18.2 Å². The molecular formula is C16H15N3O4S. The number of hydrogen-bond donors (Lipinski definition) is 1. The number of thioether (sulfide) groups is 1. The number of amides is 1. The summed E-state index contributed by atoms with van der Waals surface area (Å²) in [5.41, 5.74) is 1.15. The van der Waals surface area contributed by atoms with Gasteiger partial charge in [-0.1, -0.05) is 23.4 Å². The number of nitro groups is 1. The molecular weight excluding hydrogens is 330 g/mol. The Hall–Kier alpha value is -2.87. The van der Waals surface area contributed by atoms with Crippen LogP contribution in [0.1, 0.15) is 5.56 Å². The van der Waals surface area contributed by atoms with Crippen LogP contribution in [0.5, 0.6) is 0 Å². The van der Waals surface area contributed by atoms with Crippen molar-refractivity contribution in [1.29, 1.82) is 0 Å². The topological polar surface area (TPSA) is 93.8 Å². The first kappa shape index (κ1) is 17.5. The first-order chi connectivity index (χ1) is 11.6.